The van der Waals surface area contributed by atoms with Gasteiger partial charge in [0, 0.05) is 6.54 Å². The molecule has 0 unspecified atom stereocenters. The Hall–Kier alpha value is -3.69. The summed E-state index contributed by atoms with van der Waals surface area (Å²) in [6.07, 6.45) is -5.17. The highest BCUT2D eigenvalue weighted by Crippen LogP contribution is 2.65. The molecule has 4 rings (SSSR count). The minimum absolute atomic E-state index is 0.00711. The van der Waals surface area contributed by atoms with Gasteiger partial charge in [-0.25, -0.2) is 4.68 Å². The number of piperidine rings is 1. The third kappa shape index (κ3) is 4.91. The number of para-hydroxylation sites is 1. The molecule has 10 nitrogen and oxygen atoms in total. The van der Waals surface area contributed by atoms with Crippen LogP contribution in [0.4, 0.5) is 13.2 Å². The normalized spacial score (nSPS) is 23.8. The third-order valence-corrected chi connectivity index (χ3v) is 7.65. The minimum atomic E-state index is -5.17. The first-order chi connectivity index (χ1) is 17.6. The van der Waals surface area contributed by atoms with Crippen LogP contribution in [0.15, 0.2) is 24.3 Å². The van der Waals surface area contributed by atoms with E-state index in [1.54, 1.807) is 24.3 Å². The number of nitriles is 1. The maximum Gasteiger partial charge on any atom is 0.471 e. The molecule has 2 fully saturated rings. The first-order valence-corrected chi connectivity index (χ1v) is 12.2. The number of nitrogens with one attached hydrogen (secondary N) is 2. The standard InChI is InChI=1S/C25H30F3N7O3/c1-23(2,3)19(31-22(38)25(26,27)28)21(37)34-12-14-17(24(14,4)5)18(34)20(36)30-13(10-29)11-35-16-9-7-6-8-15(16)32-33-35/h6-9,13-14,17-19H,11-12H2,1-5H3,(H,30,36)(H,31,38)/t13-,14+,17-,18+,19-/m1/s1. The second kappa shape index (κ2) is 9.25. The van der Waals surface area contributed by atoms with Crippen LogP contribution < -0.4 is 10.6 Å². The van der Waals surface area contributed by atoms with Crippen molar-refractivity contribution in [1.29, 1.82) is 5.26 Å². The van der Waals surface area contributed by atoms with Crippen LogP contribution in [-0.2, 0) is 20.9 Å². The number of hydrogen-bond donors (Lipinski definition) is 2. The summed E-state index contributed by atoms with van der Waals surface area (Å²) in [6.45, 7) is 8.70. The van der Waals surface area contributed by atoms with Crippen LogP contribution in [0.3, 0.4) is 0 Å². The predicted octanol–water partition coefficient (Wildman–Crippen LogP) is 2.02. The smallest absolute Gasteiger partial charge is 0.337 e. The van der Waals surface area contributed by atoms with Crippen LogP contribution in [0, 0.1) is 34.0 Å². The number of benzene rings is 1. The van der Waals surface area contributed by atoms with Crippen molar-refractivity contribution in [3.8, 4) is 6.07 Å². The van der Waals surface area contributed by atoms with Gasteiger partial charge in [0.1, 0.15) is 23.6 Å². The van der Waals surface area contributed by atoms with Gasteiger partial charge in [0.25, 0.3) is 0 Å². The SMILES string of the molecule is CC(C)(C)[C@H](NC(=O)C(F)(F)F)C(=O)N1C[C@H]2[C@H]([C@H]1C(=O)N[C@H](C#N)Cn1nnc3ccccc31)C2(C)C. The van der Waals surface area contributed by atoms with E-state index in [0.29, 0.717) is 11.0 Å². The summed E-state index contributed by atoms with van der Waals surface area (Å²) in [4.78, 5) is 40.1. The van der Waals surface area contributed by atoms with E-state index in [4.69, 9.17) is 0 Å². The quantitative estimate of drug-likeness (QED) is 0.584. The molecule has 0 spiro atoms. The van der Waals surface area contributed by atoms with Crippen molar-refractivity contribution in [3.05, 3.63) is 24.3 Å². The minimum Gasteiger partial charge on any atom is -0.337 e. The maximum absolute atomic E-state index is 13.6. The predicted molar refractivity (Wildman–Crippen MR) is 129 cm³/mol. The van der Waals surface area contributed by atoms with E-state index in [9.17, 15) is 32.8 Å². The molecule has 2 N–H and O–H groups in total. The number of fused-ring (bicyclic) bond motifs is 2. The van der Waals surface area contributed by atoms with Gasteiger partial charge in [-0.1, -0.05) is 52.0 Å². The van der Waals surface area contributed by atoms with E-state index < -0.39 is 47.4 Å². The highest BCUT2D eigenvalue weighted by molar-refractivity contribution is 5.95. The topological polar surface area (TPSA) is 133 Å². The van der Waals surface area contributed by atoms with E-state index in [0.717, 1.165) is 0 Å². The second-order valence-corrected chi connectivity index (χ2v) is 11.6. The molecule has 1 aromatic carbocycles. The van der Waals surface area contributed by atoms with Crippen molar-refractivity contribution < 1.29 is 27.6 Å². The van der Waals surface area contributed by atoms with Crippen molar-refractivity contribution in [3.63, 3.8) is 0 Å². The Balaban J connectivity index is 1.56. The summed E-state index contributed by atoms with van der Waals surface area (Å²) in [6, 6.07) is 5.65. The average Bonchev–Trinajstić information content (AvgIpc) is 3.19. The number of halogens is 3. The Morgan fingerprint density at radius 1 is 1.18 bits per heavy atom. The van der Waals surface area contributed by atoms with Gasteiger partial charge >= 0.3 is 12.1 Å². The lowest BCUT2D eigenvalue weighted by atomic mass is 9.85. The van der Waals surface area contributed by atoms with Gasteiger partial charge in [0.2, 0.25) is 11.8 Å². The first kappa shape index (κ1) is 27.3. The van der Waals surface area contributed by atoms with Crippen LogP contribution in [0.1, 0.15) is 34.6 Å². The van der Waals surface area contributed by atoms with E-state index in [1.165, 1.54) is 30.4 Å². The van der Waals surface area contributed by atoms with Crippen molar-refractivity contribution >= 4 is 28.8 Å². The Labute approximate surface area is 217 Å². The molecule has 3 amide bonds. The monoisotopic (exact) mass is 533 g/mol. The van der Waals surface area contributed by atoms with Crippen LogP contribution in [0.5, 0.6) is 0 Å². The Kier molecular flexibility index (Phi) is 6.66. The van der Waals surface area contributed by atoms with E-state index in [-0.39, 0.29) is 30.3 Å². The summed E-state index contributed by atoms with van der Waals surface area (Å²) < 4.78 is 40.5. The van der Waals surface area contributed by atoms with Gasteiger partial charge < -0.3 is 15.5 Å². The molecule has 2 aromatic rings. The second-order valence-electron chi connectivity index (χ2n) is 11.6. The zero-order valence-electron chi connectivity index (χ0n) is 21.7. The Morgan fingerprint density at radius 3 is 2.45 bits per heavy atom. The molecule has 0 radical (unpaired) electrons. The Bertz CT molecular complexity index is 1310. The fraction of sp³-hybridized carbons (Fsp3) is 0.600. The van der Waals surface area contributed by atoms with Crippen LogP contribution in [0.25, 0.3) is 11.0 Å². The number of amides is 3. The van der Waals surface area contributed by atoms with Crippen molar-refractivity contribution in [1.82, 2.24) is 30.5 Å². The first-order valence-electron chi connectivity index (χ1n) is 12.2. The summed E-state index contributed by atoms with van der Waals surface area (Å²) >= 11 is 0. The summed E-state index contributed by atoms with van der Waals surface area (Å²) in [7, 11) is 0. The summed E-state index contributed by atoms with van der Waals surface area (Å²) in [5.74, 6) is -3.85. The molecule has 1 aromatic heterocycles. The largest absolute Gasteiger partial charge is 0.471 e. The molecule has 204 valence electrons. The molecule has 0 bridgehead atoms. The van der Waals surface area contributed by atoms with Crippen molar-refractivity contribution in [2.45, 2.75) is 65.5 Å². The number of carbonyl (C=O) groups is 3. The molecule has 2 heterocycles. The van der Waals surface area contributed by atoms with E-state index >= 15 is 0 Å². The van der Waals surface area contributed by atoms with Crippen LogP contribution in [0.2, 0.25) is 0 Å². The molecule has 1 aliphatic carbocycles. The fourth-order valence-corrected chi connectivity index (χ4v) is 5.44. The molecule has 2 aliphatic rings. The van der Waals surface area contributed by atoms with Crippen LogP contribution in [-0.4, -0.2) is 68.5 Å². The average molecular weight is 534 g/mol. The number of rotatable bonds is 6. The molecule has 13 heteroatoms. The number of carbonyl (C=O) groups excluding carboxylic acids is 3. The lowest BCUT2D eigenvalue weighted by Crippen LogP contribution is -2.61. The van der Waals surface area contributed by atoms with Gasteiger partial charge in [0.15, 0.2) is 0 Å². The number of nitrogens with zero attached hydrogens (tertiary/aromatic N) is 5. The molecule has 38 heavy (non-hydrogen) atoms. The van der Waals surface area contributed by atoms with Gasteiger partial charge in [-0.3, -0.25) is 14.4 Å². The number of hydrogen-bond acceptors (Lipinski definition) is 6. The van der Waals surface area contributed by atoms with Crippen LogP contribution >= 0.6 is 0 Å². The molecular formula is C25H30F3N7O3. The zero-order valence-corrected chi connectivity index (χ0v) is 21.7. The number of aromatic nitrogens is 3. The fourth-order valence-electron chi connectivity index (χ4n) is 5.44. The van der Waals surface area contributed by atoms with E-state index in [1.807, 2.05) is 25.2 Å². The lowest BCUT2D eigenvalue weighted by Gasteiger charge is -2.37. The van der Waals surface area contributed by atoms with Gasteiger partial charge in [-0.2, -0.15) is 18.4 Å². The summed E-state index contributed by atoms with van der Waals surface area (Å²) in [5, 5.41) is 22.3. The molecule has 1 saturated heterocycles. The molecule has 5 atom stereocenters. The van der Waals surface area contributed by atoms with E-state index in [2.05, 4.69) is 15.6 Å². The van der Waals surface area contributed by atoms with Gasteiger partial charge in [-0.05, 0) is 34.8 Å². The third-order valence-electron chi connectivity index (χ3n) is 7.65. The lowest BCUT2D eigenvalue weighted by molar-refractivity contribution is -0.176. The molecule has 1 saturated carbocycles. The molecular weight excluding hydrogens is 503 g/mol. The zero-order chi connectivity index (χ0) is 28.2. The van der Waals surface area contributed by atoms with Crippen molar-refractivity contribution in [2.24, 2.45) is 22.7 Å². The van der Waals surface area contributed by atoms with Gasteiger partial charge in [-0.15, -0.1) is 5.10 Å². The van der Waals surface area contributed by atoms with Crippen molar-refractivity contribution in [2.75, 3.05) is 6.54 Å². The Morgan fingerprint density at radius 2 is 1.84 bits per heavy atom. The highest BCUT2D eigenvalue weighted by atomic mass is 19.4. The highest BCUT2D eigenvalue weighted by Gasteiger charge is 2.70. The maximum atomic E-state index is 13.6. The summed E-state index contributed by atoms with van der Waals surface area (Å²) in [5.41, 5.74) is -0.0311. The van der Waals surface area contributed by atoms with Gasteiger partial charge in [0.05, 0.1) is 18.1 Å². The number of alkyl halides is 3. The number of likely N-dealkylation sites (tertiary alicyclic amines) is 1. The molecule has 1 aliphatic heterocycles.